The van der Waals surface area contributed by atoms with Gasteiger partial charge in [-0.05, 0) is 65.2 Å². The van der Waals surface area contributed by atoms with Gasteiger partial charge in [0.05, 0.1) is 18.0 Å². The Labute approximate surface area is 312 Å². The van der Waals surface area contributed by atoms with Gasteiger partial charge in [0, 0.05) is 25.3 Å². The van der Waals surface area contributed by atoms with Crippen molar-refractivity contribution < 1.29 is 19.2 Å². The zero-order chi connectivity index (χ0) is 37.0. The molecule has 0 fully saturated rings. The summed E-state index contributed by atoms with van der Waals surface area (Å²) in [6.45, 7) is 7.01. The summed E-state index contributed by atoms with van der Waals surface area (Å²) in [5.74, 6) is -0.916. The predicted octanol–water partition coefficient (Wildman–Crippen LogP) is 5.51. The molecule has 4 atom stereocenters. The van der Waals surface area contributed by atoms with Crippen LogP contribution in [0.25, 0.3) is 0 Å². The lowest BCUT2D eigenvalue weighted by Gasteiger charge is -2.30. The van der Waals surface area contributed by atoms with Gasteiger partial charge >= 0.3 is 0 Å². The van der Waals surface area contributed by atoms with Crippen molar-refractivity contribution in [1.82, 2.24) is 26.6 Å². The first-order chi connectivity index (χ1) is 25.0. The molecule has 1 heterocycles. The van der Waals surface area contributed by atoms with E-state index in [4.69, 9.17) is 0 Å². The Balaban J connectivity index is 1.32. The fourth-order valence-electron chi connectivity index (χ4n) is 6.62. The molecule has 0 saturated heterocycles. The van der Waals surface area contributed by atoms with Crippen molar-refractivity contribution in [3.63, 3.8) is 0 Å². The van der Waals surface area contributed by atoms with Crippen LogP contribution in [0.5, 0.6) is 0 Å². The molecule has 0 spiro atoms. The number of carbonyl (C=O) groups excluding carboxylic acids is 4. The van der Waals surface area contributed by atoms with Crippen LogP contribution in [0.1, 0.15) is 81.2 Å². The summed E-state index contributed by atoms with van der Waals surface area (Å²) in [5, 5.41) is 17.5. The van der Waals surface area contributed by atoms with Crippen LogP contribution in [0.4, 0.5) is 0 Å². The Morgan fingerprint density at radius 2 is 1.52 bits per heavy atom. The molecule has 0 aromatic heterocycles. The number of carbonyl (C=O) groups is 4. The molecule has 0 radical (unpaired) electrons. The van der Waals surface area contributed by atoms with Crippen LogP contribution >= 0.6 is 11.8 Å². The first-order valence-electron chi connectivity index (χ1n) is 18.4. The lowest BCUT2D eigenvalue weighted by molar-refractivity contribution is -0.134. The Morgan fingerprint density at radius 3 is 2.21 bits per heavy atom. The summed E-state index contributed by atoms with van der Waals surface area (Å²) in [7, 11) is 0. The third kappa shape index (κ3) is 11.8. The molecule has 3 unspecified atom stereocenters. The van der Waals surface area contributed by atoms with E-state index in [0.29, 0.717) is 31.7 Å². The first-order valence-corrected chi connectivity index (χ1v) is 19.4. The standard InChI is InChI=1S/C42H53N5O4S/c1-41(2,3)28-43-37(48)25-36(45-38(49)26-42(23-24-52-29-42)44-27-31-15-8-5-9-16-31)40(51)47-35(22-21-30-13-6-4-7-14-30)39(50)46-34-20-12-18-32-17-10-11-19-33(32)34/h4-11,13-17,19,23-24,34-36,44H,12,18,20-22,25-29H2,1-3H3,(H,43,48)(H,45,49)(H,46,50)(H,47,51)/t34-,35?,36?,42?/m1/s1. The molecule has 0 bridgehead atoms. The molecular formula is C42H53N5O4S. The minimum absolute atomic E-state index is 0.0791. The maximum absolute atomic E-state index is 14.1. The lowest BCUT2D eigenvalue weighted by atomic mass is 9.87. The third-order valence-electron chi connectivity index (χ3n) is 9.53. The average Bonchev–Trinajstić information content (AvgIpc) is 3.60. The van der Waals surface area contributed by atoms with Gasteiger partial charge in [-0.2, -0.15) is 0 Å². The van der Waals surface area contributed by atoms with Gasteiger partial charge in [-0.3, -0.25) is 19.2 Å². The number of nitrogens with one attached hydrogen (secondary N) is 5. The highest BCUT2D eigenvalue weighted by Gasteiger charge is 2.35. The maximum Gasteiger partial charge on any atom is 0.243 e. The Morgan fingerprint density at radius 1 is 0.827 bits per heavy atom. The van der Waals surface area contributed by atoms with Gasteiger partial charge in [0.2, 0.25) is 23.6 Å². The molecule has 0 saturated carbocycles. The number of hydrogen-bond acceptors (Lipinski definition) is 6. The van der Waals surface area contributed by atoms with E-state index in [1.54, 1.807) is 11.8 Å². The van der Waals surface area contributed by atoms with Crippen LogP contribution in [0.2, 0.25) is 0 Å². The fraction of sp³-hybridized carbons (Fsp3) is 0.429. The van der Waals surface area contributed by atoms with Crippen LogP contribution in [0, 0.1) is 5.41 Å². The topological polar surface area (TPSA) is 128 Å². The second-order valence-electron chi connectivity index (χ2n) is 15.2. The monoisotopic (exact) mass is 723 g/mol. The highest BCUT2D eigenvalue weighted by molar-refractivity contribution is 8.02. The SMILES string of the molecule is CC(C)(C)CNC(=O)CC(NC(=O)CC1(NCc2ccccc2)C=CSC1)C(=O)NC(CCc1ccccc1)C(=O)N[C@@H]1CCCc2ccccc21. The molecule has 9 nitrogen and oxygen atoms in total. The summed E-state index contributed by atoms with van der Waals surface area (Å²) in [6.07, 6.45) is 5.45. The molecule has 276 valence electrons. The van der Waals surface area contributed by atoms with E-state index >= 15 is 0 Å². The van der Waals surface area contributed by atoms with Crippen molar-refractivity contribution in [3.8, 4) is 0 Å². The molecule has 52 heavy (non-hydrogen) atoms. The second-order valence-corrected chi connectivity index (χ2v) is 16.1. The molecule has 5 rings (SSSR count). The van der Waals surface area contributed by atoms with E-state index < -0.39 is 23.5 Å². The first kappa shape index (κ1) is 38.8. The van der Waals surface area contributed by atoms with Gasteiger partial charge in [-0.25, -0.2) is 0 Å². The van der Waals surface area contributed by atoms with Crippen molar-refractivity contribution in [2.24, 2.45) is 5.41 Å². The average molecular weight is 724 g/mol. The number of thioether (sulfide) groups is 1. The van der Waals surface area contributed by atoms with Crippen LogP contribution in [-0.4, -0.2) is 53.5 Å². The van der Waals surface area contributed by atoms with Crippen molar-refractivity contribution in [2.45, 2.75) is 95.9 Å². The van der Waals surface area contributed by atoms with Crippen LogP contribution in [0.3, 0.4) is 0 Å². The summed E-state index contributed by atoms with van der Waals surface area (Å²) in [4.78, 5) is 55.1. The van der Waals surface area contributed by atoms with Crippen molar-refractivity contribution in [1.29, 1.82) is 0 Å². The summed E-state index contributed by atoms with van der Waals surface area (Å²) < 4.78 is 0. The quantitative estimate of drug-likeness (QED) is 0.133. The Kier molecular flexibility index (Phi) is 13.7. The highest BCUT2D eigenvalue weighted by atomic mass is 32.2. The summed E-state index contributed by atoms with van der Waals surface area (Å²) >= 11 is 1.62. The number of benzene rings is 3. The van der Waals surface area contributed by atoms with E-state index in [-0.39, 0.29) is 42.0 Å². The molecule has 3 aromatic rings. The number of hydrogen-bond donors (Lipinski definition) is 5. The molecule has 10 heteroatoms. The van der Waals surface area contributed by atoms with E-state index in [9.17, 15) is 19.2 Å². The zero-order valence-electron chi connectivity index (χ0n) is 30.6. The van der Waals surface area contributed by atoms with Crippen molar-refractivity contribution >= 4 is 35.4 Å². The molecule has 5 N–H and O–H groups in total. The van der Waals surface area contributed by atoms with E-state index in [2.05, 4.69) is 38.7 Å². The number of rotatable bonds is 16. The second kappa shape index (κ2) is 18.4. The molecular weight excluding hydrogens is 671 g/mol. The summed E-state index contributed by atoms with van der Waals surface area (Å²) in [6, 6.07) is 25.7. The number of amides is 4. The minimum atomic E-state index is -1.18. The minimum Gasteiger partial charge on any atom is -0.355 e. The zero-order valence-corrected chi connectivity index (χ0v) is 31.4. The normalized spacial score (nSPS) is 19.2. The van der Waals surface area contributed by atoms with Gasteiger partial charge in [-0.1, -0.05) is 112 Å². The van der Waals surface area contributed by atoms with Gasteiger partial charge in [-0.15, -0.1) is 11.8 Å². The van der Waals surface area contributed by atoms with Crippen LogP contribution in [-0.2, 0) is 38.6 Å². The molecule has 4 amide bonds. The van der Waals surface area contributed by atoms with E-state index in [1.165, 1.54) is 5.56 Å². The van der Waals surface area contributed by atoms with Crippen molar-refractivity contribution in [2.75, 3.05) is 12.3 Å². The predicted molar refractivity (Wildman–Crippen MR) is 208 cm³/mol. The maximum atomic E-state index is 14.1. The van der Waals surface area contributed by atoms with Gasteiger partial charge in [0.1, 0.15) is 12.1 Å². The Bertz CT molecular complexity index is 1690. The van der Waals surface area contributed by atoms with Crippen molar-refractivity contribution in [3.05, 3.63) is 119 Å². The van der Waals surface area contributed by atoms with E-state index in [0.717, 1.165) is 36.0 Å². The number of aryl methyl sites for hydroxylation is 2. The fourth-order valence-corrected chi connectivity index (χ4v) is 7.67. The van der Waals surface area contributed by atoms with Crippen LogP contribution in [0.15, 0.2) is 96.4 Å². The molecule has 1 aliphatic carbocycles. The third-order valence-corrected chi connectivity index (χ3v) is 10.5. The smallest absolute Gasteiger partial charge is 0.243 e. The molecule has 2 aliphatic rings. The summed E-state index contributed by atoms with van der Waals surface area (Å²) in [5.41, 5.74) is 3.67. The number of fused-ring (bicyclic) bond motifs is 1. The Hall–Kier alpha value is -4.41. The van der Waals surface area contributed by atoms with Crippen LogP contribution < -0.4 is 26.6 Å². The van der Waals surface area contributed by atoms with Gasteiger partial charge in [0.15, 0.2) is 0 Å². The lowest BCUT2D eigenvalue weighted by Crippen LogP contribution is -2.56. The molecule has 1 aliphatic heterocycles. The highest BCUT2D eigenvalue weighted by Crippen LogP contribution is 2.30. The van der Waals surface area contributed by atoms with E-state index in [1.807, 2.05) is 105 Å². The van der Waals surface area contributed by atoms with Gasteiger partial charge < -0.3 is 26.6 Å². The van der Waals surface area contributed by atoms with Gasteiger partial charge in [0.25, 0.3) is 0 Å². The molecule has 3 aromatic carbocycles. The largest absolute Gasteiger partial charge is 0.355 e.